The fourth-order valence-electron chi connectivity index (χ4n) is 4.56. The molecule has 1 aromatic heterocycles. The van der Waals surface area contributed by atoms with Gasteiger partial charge in [0.25, 0.3) is 5.91 Å². The molecule has 1 aliphatic carbocycles. The van der Waals surface area contributed by atoms with Gasteiger partial charge in [0.1, 0.15) is 0 Å². The van der Waals surface area contributed by atoms with Gasteiger partial charge in [-0.25, -0.2) is 4.98 Å². The van der Waals surface area contributed by atoms with Crippen LogP contribution in [0.1, 0.15) is 48.9 Å². The van der Waals surface area contributed by atoms with Gasteiger partial charge in [0.05, 0.1) is 0 Å². The summed E-state index contributed by atoms with van der Waals surface area (Å²) >= 11 is 0. The van der Waals surface area contributed by atoms with Crippen LogP contribution in [-0.2, 0) is 0 Å². The smallest absolute Gasteiger partial charge is 0.254 e. The summed E-state index contributed by atoms with van der Waals surface area (Å²) in [5.74, 6) is 0.289. The third-order valence-corrected chi connectivity index (χ3v) is 5.88. The van der Waals surface area contributed by atoms with Crippen molar-refractivity contribution in [2.24, 2.45) is 11.3 Å². The summed E-state index contributed by atoms with van der Waals surface area (Å²) in [6.07, 6.45) is 8.87. The Balaban J connectivity index is 1.45. The molecule has 1 atom stereocenters. The number of carbonyl (C=O) groups excluding carboxylic acids is 1. The standard InChI is InChI=1S/C19H26FN3O/c20-17-11-16(5-8-21-17)18(24)23-10-2-7-19(14-23)6-1-9-22(13-19)12-15-3-4-15/h5,8,11,15H,1-4,6-7,9-10,12-14H2. The number of aromatic nitrogens is 1. The number of pyridine rings is 1. The topological polar surface area (TPSA) is 36.4 Å². The molecule has 4 nitrogen and oxygen atoms in total. The van der Waals surface area contributed by atoms with Crippen LogP contribution in [0.5, 0.6) is 0 Å². The first kappa shape index (κ1) is 16.0. The zero-order valence-electron chi connectivity index (χ0n) is 14.2. The SMILES string of the molecule is O=C(c1ccnc(F)c1)N1CCCC2(CCCN(CC3CC3)C2)C1. The lowest BCUT2D eigenvalue weighted by atomic mass is 9.73. The Morgan fingerprint density at radius 1 is 1.25 bits per heavy atom. The molecule has 1 aromatic rings. The maximum absolute atomic E-state index is 13.3. The molecule has 130 valence electrons. The third kappa shape index (κ3) is 3.46. The highest BCUT2D eigenvalue weighted by Gasteiger charge is 2.41. The second-order valence-corrected chi connectivity index (χ2v) is 7.98. The van der Waals surface area contributed by atoms with E-state index in [0.29, 0.717) is 5.56 Å². The highest BCUT2D eigenvalue weighted by molar-refractivity contribution is 5.94. The molecule has 0 radical (unpaired) electrons. The van der Waals surface area contributed by atoms with E-state index in [9.17, 15) is 9.18 Å². The van der Waals surface area contributed by atoms with Crippen LogP contribution in [0.3, 0.4) is 0 Å². The first-order chi connectivity index (χ1) is 11.6. The minimum atomic E-state index is -0.583. The van der Waals surface area contributed by atoms with Crippen molar-refractivity contribution in [1.29, 1.82) is 0 Å². The number of amides is 1. The summed E-state index contributed by atoms with van der Waals surface area (Å²) in [4.78, 5) is 20.9. The summed E-state index contributed by atoms with van der Waals surface area (Å²) in [7, 11) is 0. The molecule has 4 rings (SSSR count). The van der Waals surface area contributed by atoms with E-state index in [4.69, 9.17) is 0 Å². The molecule has 3 heterocycles. The highest BCUT2D eigenvalue weighted by atomic mass is 19.1. The van der Waals surface area contributed by atoms with Gasteiger partial charge in [-0.15, -0.1) is 0 Å². The Morgan fingerprint density at radius 3 is 2.79 bits per heavy atom. The van der Waals surface area contributed by atoms with E-state index >= 15 is 0 Å². The van der Waals surface area contributed by atoms with Crippen molar-refractivity contribution in [3.8, 4) is 0 Å². The number of nitrogens with zero attached hydrogens (tertiary/aromatic N) is 3. The summed E-state index contributed by atoms with van der Waals surface area (Å²) < 4.78 is 13.3. The Hall–Kier alpha value is -1.49. The number of hydrogen-bond donors (Lipinski definition) is 0. The molecule has 1 amide bonds. The Morgan fingerprint density at radius 2 is 2.04 bits per heavy atom. The number of hydrogen-bond acceptors (Lipinski definition) is 3. The predicted molar refractivity (Wildman–Crippen MR) is 90.2 cm³/mol. The van der Waals surface area contributed by atoms with Crippen molar-refractivity contribution >= 4 is 5.91 Å². The predicted octanol–water partition coefficient (Wildman–Crippen LogP) is 2.95. The molecule has 24 heavy (non-hydrogen) atoms. The van der Waals surface area contributed by atoms with Crippen molar-refractivity contribution in [3.05, 3.63) is 29.8 Å². The van der Waals surface area contributed by atoms with Gasteiger partial charge < -0.3 is 9.80 Å². The van der Waals surface area contributed by atoms with Crippen molar-refractivity contribution in [2.45, 2.75) is 38.5 Å². The molecular formula is C19H26FN3O. The molecule has 3 fully saturated rings. The van der Waals surface area contributed by atoms with Gasteiger partial charge in [-0.3, -0.25) is 4.79 Å². The van der Waals surface area contributed by atoms with E-state index in [0.717, 1.165) is 32.0 Å². The maximum atomic E-state index is 13.3. The monoisotopic (exact) mass is 331 g/mol. The van der Waals surface area contributed by atoms with E-state index in [1.807, 2.05) is 4.90 Å². The molecule has 0 bridgehead atoms. The average Bonchev–Trinajstić information content (AvgIpc) is 3.38. The number of halogens is 1. The van der Waals surface area contributed by atoms with Gasteiger partial charge in [0.2, 0.25) is 5.95 Å². The van der Waals surface area contributed by atoms with Gasteiger partial charge in [-0.1, -0.05) is 0 Å². The molecule has 1 unspecified atom stereocenters. The van der Waals surface area contributed by atoms with Crippen LogP contribution in [0, 0.1) is 17.3 Å². The Labute approximate surface area is 143 Å². The van der Waals surface area contributed by atoms with Gasteiger partial charge in [0, 0.05) is 49.4 Å². The van der Waals surface area contributed by atoms with Gasteiger partial charge in [-0.05, 0) is 57.1 Å². The summed E-state index contributed by atoms with van der Waals surface area (Å²) in [5, 5.41) is 0. The van der Waals surface area contributed by atoms with Crippen LogP contribution in [0.15, 0.2) is 18.3 Å². The molecule has 2 aliphatic heterocycles. The Bertz CT molecular complexity index is 614. The van der Waals surface area contributed by atoms with E-state index in [1.165, 1.54) is 57.5 Å². The minimum absolute atomic E-state index is 0.0466. The second kappa shape index (κ2) is 6.43. The van der Waals surface area contributed by atoms with Gasteiger partial charge in [-0.2, -0.15) is 4.39 Å². The number of piperidine rings is 2. The minimum Gasteiger partial charge on any atom is -0.338 e. The van der Waals surface area contributed by atoms with E-state index in [1.54, 1.807) is 6.07 Å². The lowest BCUT2D eigenvalue weighted by Gasteiger charge is -2.48. The normalized spacial score (nSPS) is 28.3. The molecule has 1 spiro atoms. The first-order valence-electron chi connectivity index (χ1n) is 9.27. The van der Waals surface area contributed by atoms with Crippen LogP contribution in [0.2, 0.25) is 0 Å². The summed E-state index contributed by atoms with van der Waals surface area (Å²) in [5.41, 5.74) is 0.664. The van der Waals surface area contributed by atoms with Crippen molar-refractivity contribution in [3.63, 3.8) is 0 Å². The van der Waals surface area contributed by atoms with Crippen molar-refractivity contribution < 1.29 is 9.18 Å². The summed E-state index contributed by atoms with van der Waals surface area (Å²) in [6, 6.07) is 2.87. The van der Waals surface area contributed by atoms with Gasteiger partial charge >= 0.3 is 0 Å². The molecule has 0 aromatic carbocycles. The van der Waals surface area contributed by atoms with E-state index < -0.39 is 5.95 Å². The van der Waals surface area contributed by atoms with Crippen LogP contribution in [0.25, 0.3) is 0 Å². The first-order valence-corrected chi connectivity index (χ1v) is 9.27. The van der Waals surface area contributed by atoms with E-state index in [-0.39, 0.29) is 11.3 Å². The molecule has 0 N–H and O–H groups in total. The molecule has 1 saturated carbocycles. The van der Waals surface area contributed by atoms with Crippen molar-refractivity contribution in [2.75, 3.05) is 32.7 Å². The third-order valence-electron chi connectivity index (χ3n) is 5.88. The second-order valence-electron chi connectivity index (χ2n) is 7.98. The number of likely N-dealkylation sites (tertiary alicyclic amines) is 2. The largest absolute Gasteiger partial charge is 0.338 e. The van der Waals surface area contributed by atoms with Crippen LogP contribution < -0.4 is 0 Å². The highest BCUT2D eigenvalue weighted by Crippen LogP contribution is 2.40. The van der Waals surface area contributed by atoms with Crippen LogP contribution >= 0.6 is 0 Å². The molecular weight excluding hydrogens is 305 g/mol. The quantitative estimate of drug-likeness (QED) is 0.799. The Kier molecular flexibility index (Phi) is 4.29. The fourth-order valence-corrected chi connectivity index (χ4v) is 4.56. The molecule has 5 heteroatoms. The molecule has 2 saturated heterocycles. The zero-order chi connectivity index (χ0) is 16.6. The average molecular weight is 331 g/mol. The number of rotatable bonds is 3. The fraction of sp³-hybridized carbons (Fsp3) is 0.684. The van der Waals surface area contributed by atoms with Crippen LogP contribution in [-0.4, -0.2) is 53.4 Å². The molecule has 3 aliphatic rings. The van der Waals surface area contributed by atoms with Crippen LogP contribution in [0.4, 0.5) is 4.39 Å². The lowest BCUT2D eigenvalue weighted by Crippen LogP contribution is -2.53. The maximum Gasteiger partial charge on any atom is 0.254 e. The van der Waals surface area contributed by atoms with Crippen molar-refractivity contribution in [1.82, 2.24) is 14.8 Å². The van der Waals surface area contributed by atoms with E-state index in [2.05, 4.69) is 9.88 Å². The summed E-state index contributed by atoms with van der Waals surface area (Å²) in [6.45, 7) is 5.18. The van der Waals surface area contributed by atoms with Gasteiger partial charge in [0.15, 0.2) is 0 Å². The zero-order valence-corrected chi connectivity index (χ0v) is 14.2. The lowest BCUT2D eigenvalue weighted by molar-refractivity contribution is 0.0124. The number of carbonyl (C=O) groups is 1.